The molecule has 1 unspecified atom stereocenters. The van der Waals surface area contributed by atoms with Gasteiger partial charge in [-0.05, 0) is 40.7 Å². The van der Waals surface area contributed by atoms with Crippen molar-refractivity contribution in [1.82, 2.24) is 4.90 Å². The number of carbonyl (C=O) groups excluding carboxylic acids is 2. The molecule has 3 aromatic carbocycles. The number of hydrogen-bond acceptors (Lipinski definition) is 5. The predicted octanol–water partition coefficient (Wildman–Crippen LogP) is 6.56. The van der Waals surface area contributed by atoms with Crippen molar-refractivity contribution in [2.75, 3.05) is 13.7 Å². The molecule has 0 aliphatic carbocycles. The zero-order valence-corrected chi connectivity index (χ0v) is 22.0. The Morgan fingerprint density at radius 1 is 1.00 bits per heavy atom. The Morgan fingerprint density at radius 3 is 2.37 bits per heavy atom. The second-order valence-electron chi connectivity index (χ2n) is 10.6. The Bertz CT molecular complexity index is 1520. The van der Waals surface area contributed by atoms with E-state index in [9.17, 15) is 14.7 Å². The smallest absolute Gasteiger partial charge is 0.290 e. The number of nitrogens with zero attached hydrogens (tertiary/aromatic N) is 1. The van der Waals surface area contributed by atoms with Gasteiger partial charge in [-0.15, -0.1) is 0 Å². The fraction of sp³-hybridized carbons (Fsp3) is 0.250. The average molecular weight is 510 g/mol. The van der Waals surface area contributed by atoms with Gasteiger partial charge < -0.3 is 19.2 Å². The van der Waals surface area contributed by atoms with E-state index >= 15 is 0 Å². The second-order valence-corrected chi connectivity index (χ2v) is 10.6. The number of amides is 1. The average Bonchev–Trinajstić information content (AvgIpc) is 3.46. The standard InChI is InChI=1S/C32H31NO5/c1-32(2,3)23-15-13-21(14-16-23)27-26(28(34)25-19-22-11-8-12-24(37-4)30(22)38-25)29(35)31(36)33(27)18-17-20-9-6-5-7-10-20/h5-16,19,27,35H,17-18H2,1-4H3. The maximum absolute atomic E-state index is 13.9. The molecule has 0 spiro atoms. The number of para-hydroxylation sites is 1. The lowest BCUT2D eigenvalue weighted by atomic mass is 9.85. The zero-order chi connectivity index (χ0) is 27.0. The highest BCUT2D eigenvalue weighted by molar-refractivity contribution is 6.16. The van der Waals surface area contributed by atoms with Crippen molar-refractivity contribution in [3.05, 3.63) is 113 Å². The van der Waals surface area contributed by atoms with Gasteiger partial charge in [-0.2, -0.15) is 0 Å². The van der Waals surface area contributed by atoms with Gasteiger partial charge in [-0.25, -0.2) is 0 Å². The molecule has 6 heteroatoms. The summed E-state index contributed by atoms with van der Waals surface area (Å²) < 4.78 is 11.3. The molecule has 4 aromatic rings. The van der Waals surface area contributed by atoms with Crippen LogP contribution in [0.5, 0.6) is 5.75 Å². The van der Waals surface area contributed by atoms with E-state index in [1.165, 1.54) is 7.11 Å². The third-order valence-corrected chi connectivity index (χ3v) is 7.08. The molecular formula is C32H31NO5. The third kappa shape index (κ3) is 4.58. The highest BCUT2D eigenvalue weighted by atomic mass is 16.5. The number of ketones is 1. The van der Waals surface area contributed by atoms with Crippen molar-refractivity contribution < 1.29 is 23.8 Å². The second kappa shape index (κ2) is 9.86. The predicted molar refractivity (Wildman–Crippen MR) is 146 cm³/mol. The minimum atomic E-state index is -0.747. The summed E-state index contributed by atoms with van der Waals surface area (Å²) in [5, 5.41) is 11.7. The quantitative estimate of drug-likeness (QED) is 0.285. The number of carbonyl (C=O) groups is 2. The fourth-order valence-electron chi connectivity index (χ4n) is 4.96. The first kappa shape index (κ1) is 25.3. The molecule has 0 saturated heterocycles. The van der Waals surface area contributed by atoms with Crippen LogP contribution in [0.3, 0.4) is 0 Å². The number of benzene rings is 3. The number of fused-ring (bicyclic) bond motifs is 1. The Labute approximate surface area is 222 Å². The Balaban J connectivity index is 1.56. The molecule has 0 fully saturated rings. The van der Waals surface area contributed by atoms with Crippen molar-refractivity contribution in [1.29, 1.82) is 0 Å². The Kier molecular flexibility index (Phi) is 6.57. The van der Waals surface area contributed by atoms with Crippen LogP contribution in [0.4, 0.5) is 0 Å². The van der Waals surface area contributed by atoms with Gasteiger partial charge in [0, 0.05) is 11.9 Å². The van der Waals surface area contributed by atoms with E-state index in [4.69, 9.17) is 9.15 Å². The SMILES string of the molecule is COc1cccc2cc(C(=O)C3=C(O)C(=O)N(CCc4ccccc4)C3c3ccc(C(C)(C)C)cc3)oc12. The van der Waals surface area contributed by atoms with Crippen molar-refractivity contribution in [2.45, 2.75) is 38.6 Å². The van der Waals surface area contributed by atoms with Gasteiger partial charge in [-0.1, -0.05) is 87.5 Å². The number of Topliss-reactive ketones (excluding diaryl/α,β-unsaturated/α-hetero) is 1. The molecule has 6 nitrogen and oxygen atoms in total. The van der Waals surface area contributed by atoms with E-state index in [0.29, 0.717) is 29.7 Å². The van der Waals surface area contributed by atoms with E-state index in [-0.39, 0.29) is 16.7 Å². The molecule has 1 aromatic heterocycles. The van der Waals surface area contributed by atoms with Gasteiger partial charge in [0.2, 0.25) is 5.78 Å². The summed E-state index contributed by atoms with van der Waals surface area (Å²) in [7, 11) is 1.53. The molecule has 0 saturated carbocycles. The maximum atomic E-state index is 13.9. The van der Waals surface area contributed by atoms with Crippen LogP contribution in [0.1, 0.15) is 54.1 Å². The highest BCUT2D eigenvalue weighted by Gasteiger charge is 2.44. The number of hydrogen-bond donors (Lipinski definition) is 1. The van der Waals surface area contributed by atoms with Gasteiger partial charge in [-0.3, -0.25) is 9.59 Å². The first-order chi connectivity index (χ1) is 18.2. The van der Waals surface area contributed by atoms with E-state index in [1.807, 2.05) is 66.7 Å². The Morgan fingerprint density at radius 2 is 1.71 bits per heavy atom. The maximum Gasteiger partial charge on any atom is 0.290 e. The molecule has 1 N–H and O–H groups in total. The lowest BCUT2D eigenvalue weighted by Crippen LogP contribution is -2.33. The van der Waals surface area contributed by atoms with Crippen molar-refractivity contribution in [3.8, 4) is 5.75 Å². The summed E-state index contributed by atoms with van der Waals surface area (Å²) in [6.07, 6.45) is 0.583. The normalized spacial score (nSPS) is 15.9. The minimum absolute atomic E-state index is 0.0181. The number of furan rings is 1. The van der Waals surface area contributed by atoms with Gasteiger partial charge >= 0.3 is 0 Å². The van der Waals surface area contributed by atoms with Gasteiger partial charge in [0.1, 0.15) is 0 Å². The zero-order valence-electron chi connectivity index (χ0n) is 22.0. The lowest BCUT2D eigenvalue weighted by molar-refractivity contribution is -0.129. The lowest BCUT2D eigenvalue weighted by Gasteiger charge is -2.27. The molecule has 194 valence electrons. The largest absolute Gasteiger partial charge is 0.503 e. The van der Waals surface area contributed by atoms with E-state index < -0.39 is 23.5 Å². The summed E-state index contributed by atoms with van der Waals surface area (Å²) in [5.74, 6) is -1.09. The molecule has 2 heterocycles. The van der Waals surface area contributed by atoms with Crippen LogP contribution in [0.2, 0.25) is 0 Å². The number of rotatable bonds is 7. The van der Waals surface area contributed by atoms with E-state index in [1.54, 1.807) is 17.0 Å². The van der Waals surface area contributed by atoms with Gasteiger partial charge in [0.05, 0.1) is 18.7 Å². The van der Waals surface area contributed by atoms with Crippen LogP contribution in [-0.2, 0) is 16.6 Å². The molecule has 1 atom stereocenters. The molecular weight excluding hydrogens is 478 g/mol. The first-order valence-corrected chi connectivity index (χ1v) is 12.7. The van der Waals surface area contributed by atoms with Gasteiger partial charge in [0.25, 0.3) is 5.91 Å². The molecule has 1 aliphatic heterocycles. The summed E-state index contributed by atoms with van der Waals surface area (Å²) >= 11 is 0. The minimum Gasteiger partial charge on any atom is -0.503 e. The monoisotopic (exact) mass is 509 g/mol. The van der Waals surface area contributed by atoms with E-state index in [2.05, 4.69) is 20.8 Å². The van der Waals surface area contributed by atoms with Crippen LogP contribution in [0, 0.1) is 0 Å². The molecule has 5 rings (SSSR count). The van der Waals surface area contributed by atoms with Crippen molar-refractivity contribution in [3.63, 3.8) is 0 Å². The summed E-state index contributed by atoms with van der Waals surface area (Å²) in [4.78, 5) is 28.8. The van der Waals surface area contributed by atoms with Crippen LogP contribution in [0.15, 0.2) is 94.6 Å². The Hall–Kier alpha value is -4.32. The molecule has 38 heavy (non-hydrogen) atoms. The van der Waals surface area contributed by atoms with Crippen LogP contribution >= 0.6 is 0 Å². The number of aliphatic hydroxyl groups is 1. The van der Waals surface area contributed by atoms with Crippen LogP contribution in [0.25, 0.3) is 11.0 Å². The fourth-order valence-corrected chi connectivity index (χ4v) is 4.96. The number of aliphatic hydroxyl groups excluding tert-OH is 1. The van der Waals surface area contributed by atoms with E-state index in [0.717, 1.165) is 16.7 Å². The highest BCUT2D eigenvalue weighted by Crippen LogP contribution is 2.41. The number of ether oxygens (including phenoxy) is 1. The summed E-state index contributed by atoms with van der Waals surface area (Å²) in [6.45, 7) is 6.72. The molecule has 0 bridgehead atoms. The van der Waals surface area contributed by atoms with Crippen molar-refractivity contribution in [2.24, 2.45) is 0 Å². The topological polar surface area (TPSA) is 80.0 Å². The van der Waals surface area contributed by atoms with Crippen LogP contribution < -0.4 is 4.74 Å². The summed E-state index contributed by atoms with van der Waals surface area (Å²) in [6, 6.07) is 24.0. The van der Waals surface area contributed by atoms with Gasteiger partial charge in [0.15, 0.2) is 22.9 Å². The number of methoxy groups -OCH3 is 1. The van der Waals surface area contributed by atoms with Crippen LogP contribution in [-0.4, -0.2) is 35.4 Å². The van der Waals surface area contributed by atoms with Crippen molar-refractivity contribution >= 4 is 22.7 Å². The molecule has 1 aliphatic rings. The summed E-state index contributed by atoms with van der Waals surface area (Å²) in [5.41, 5.74) is 3.35. The molecule has 0 radical (unpaired) electrons. The third-order valence-electron chi connectivity index (χ3n) is 7.08. The molecule has 1 amide bonds. The first-order valence-electron chi connectivity index (χ1n) is 12.7.